The van der Waals surface area contributed by atoms with Crippen LogP contribution in [0.1, 0.15) is 76.3 Å². The van der Waals surface area contributed by atoms with E-state index >= 15 is 0 Å². The number of hydrogen-bond donors (Lipinski definition) is 2. The Morgan fingerprint density at radius 2 is 1.64 bits per heavy atom. The lowest BCUT2D eigenvalue weighted by Gasteiger charge is -2.21. The van der Waals surface area contributed by atoms with Gasteiger partial charge in [-0.3, -0.25) is 4.79 Å². The maximum absolute atomic E-state index is 12.2. The van der Waals surface area contributed by atoms with Crippen LogP contribution in [0.3, 0.4) is 0 Å². The van der Waals surface area contributed by atoms with Gasteiger partial charge in [0.1, 0.15) is 0 Å². The topological polar surface area (TPSA) is 41.1 Å². The Morgan fingerprint density at radius 1 is 1.09 bits per heavy atom. The number of para-hydroxylation sites is 1. The minimum atomic E-state index is 0.111. The third kappa shape index (κ3) is 4.25. The molecule has 1 aliphatic carbocycles. The summed E-state index contributed by atoms with van der Waals surface area (Å²) in [6, 6.07) is 6.83. The predicted octanol–water partition coefficient (Wildman–Crippen LogP) is 4.40. The van der Waals surface area contributed by atoms with Gasteiger partial charge >= 0.3 is 0 Å². The minimum absolute atomic E-state index is 0.111. The number of carbonyl (C=O) groups excluding carboxylic acids is 1. The van der Waals surface area contributed by atoms with Gasteiger partial charge in [0, 0.05) is 11.7 Å². The molecule has 0 heterocycles. The molecule has 3 nitrogen and oxygen atoms in total. The molecular weight excluding hydrogens is 272 g/mol. The summed E-state index contributed by atoms with van der Waals surface area (Å²) in [4.78, 5) is 12.2. The molecule has 1 aromatic carbocycles. The van der Waals surface area contributed by atoms with Gasteiger partial charge in [-0.1, -0.05) is 58.7 Å². The molecule has 2 N–H and O–H groups in total. The fourth-order valence-electron chi connectivity index (χ4n) is 3.27. The van der Waals surface area contributed by atoms with E-state index < -0.39 is 0 Å². The molecule has 1 amide bonds. The van der Waals surface area contributed by atoms with Crippen molar-refractivity contribution >= 4 is 11.6 Å². The van der Waals surface area contributed by atoms with Crippen LogP contribution in [-0.2, 0) is 4.79 Å². The van der Waals surface area contributed by atoms with Crippen molar-refractivity contribution in [3.63, 3.8) is 0 Å². The second kappa shape index (κ2) is 7.66. The van der Waals surface area contributed by atoms with Crippen molar-refractivity contribution in [3.05, 3.63) is 29.3 Å². The second-order valence-electron chi connectivity index (χ2n) is 7.02. The van der Waals surface area contributed by atoms with Crippen LogP contribution in [0.5, 0.6) is 0 Å². The number of rotatable bonds is 6. The molecule has 22 heavy (non-hydrogen) atoms. The Balaban J connectivity index is 2.05. The van der Waals surface area contributed by atoms with Crippen LogP contribution >= 0.6 is 0 Å². The Labute approximate surface area is 134 Å². The molecule has 1 saturated carbocycles. The van der Waals surface area contributed by atoms with E-state index in [0.29, 0.717) is 24.4 Å². The molecule has 122 valence electrons. The normalized spacial score (nSPS) is 15.5. The quantitative estimate of drug-likeness (QED) is 0.817. The van der Waals surface area contributed by atoms with Gasteiger partial charge in [0.2, 0.25) is 5.91 Å². The Morgan fingerprint density at radius 3 is 2.14 bits per heavy atom. The molecule has 0 saturated heterocycles. The molecule has 0 bridgehead atoms. The summed E-state index contributed by atoms with van der Waals surface area (Å²) in [6.45, 7) is 9.15. The summed E-state index contributed by atoms with van der Waals surface area (Å²) in [5.41, 5.74) is 3.73. The van der Waals surface area contributed by atoms with Gasteiger partial charge in [-0.15, -0.1) is 0 Å². The van der Waals surface area contributed by atoms with Crippen molar-refractivity contribution in [2.75, 3.05) is 11.9 Å². The standard InChI is InChI=1S/C19H30N2O/c1-13(2)16-10-7-11-17(14(3)4)19(16)20-12-18(22)21-15-8-5-6-9-15/h7,10-11,13-15,20H,5-6,8-9,12H2,1-4H3,(H,21,22). The van der Waals surface area contributed by atoms with Crippen LogP contribution in [0, 0.1) is 0 Å². The van der Waals surface area contributed by atoms with Gasteiger partial charge in [-0.25, -0.2) is 0 Å². The number of benzene rings is 1. The third-order valence-corrected chi connectivity index (χ3v) is 4.52. The highest BCUT2D eigenvalue weighted by Crippen LogP contribution is 2.32. The van der Waals surface area contributed by atoms with E-state index in [-0.39, 0.29) is 5.91 Å². The molecule has 0 spiro atoms. The third-order valence-electron chi connectivity index (χ3n) is 4.52. The SMILES string of the molecule is CC(C)c1cccc(C(C)C)c1NCC(=O)NC1CCCC1. The Hall–Kier alpha value is -1.51. The van der Waals surface area contributed by atoms with Gasteiger partial charge in [-0.2, -0.15) is 0 Å². The van der Waals surface area contributed by atoms with E-state index in [0.717, 1.165) is 18.5 Å². The van der Waals surface area contributed by atoms with Crippen molar-refractivity contribution in [2.24, 2.45) is 0 Å². The molecule has 2 rings (SSSR count). The fourth-order valence-corrected chi connectivity index (χ4v) is 3.27. The summed E-state index contributed by atoms with van der Waals surface area (Å²) >= 11 is 0. The number of nitrogens with one attached hydrogen (secondary N) is 2. The predicted molar refractivity (Wildman–Crippen MR) is 93.5 cm³/mol. The highest BCUT2D eigenvalue weighted by molar-refractivity contribution is 5.81. The van der Waals surface area contributed by atoms with E-state index in [1.807, 2.05) is 0 Å². The minimum Gasteiger partial charge on any atom is -0.376 e. The van der Waals surface area contributed by atoms with Gasteiger partial charge in [-0.05, 0) is 35.8 Å². The lowest BCUT2D eigenvalue weighted by Crippen LogP contribution is -2.37. The van der Waals surface area contributed by atoms with Crippen LogP contribution in [-0.4, -0.2) is 18.5 Å². The largest absolute Gasteiger partial charge is 0.376 e. The van der Waals surface area contributed by atoms with Gasteiger partial charge in [0.15, 0.2) is 0 Å². The average Bonchev–Trinajstić information content (AvgIpc) is 2.97. The van der Waals surface area contributed by atoms with Crippen molar-refractivity contribution in [2.45, 2.75) is 71.3 Å². The Bertz CT molecular complexity index is 476. The molecular formula is C19H30N2O. The van der Waals surface area contributed by atoms with Crippen molar-refractivity contribution < 1.29 is 4.79 Å². The zero-order valence-electron chi connectivity index (χ0n) is 14.4. The Kier molecular flexibility index (Phi) is 5.87. The molecule has 0 aromatic heterocycles. The van der Waals surface area contributed by atoms with E-state index in [2.05, 4.69) is 56.5 Å². The first-order valence-electron chi connectivity index (χ1n) is 8.65. The first-order chi connectivity index (χ1) is 10.5. The molecule has 0 radical (unpaired) electrons. The first-order valence-corrected chi connectivity index (χ1v) is 8.65. The lowest BCUT2D eigenvalue weighted by molar-refractivity contribution is -0.120. The van der Waals surface area contributed by atoms with Gasteiger partial charge in [0.05, 0.1) is 6.54 Å². The van der Waals surface area contributed by atoms with Crippen LogP contribution in [0.2, 0.25) is 0 Å². The number of amides is 1. The smallest absolute Gasteiger partial charge is 0.239 e. The maximum Gasteiger partial charge on any atom is 0.239 e. The molecule has 0 unspecified atom stereocenters. The summed E-state index contributed by atoms with van der Waals surface area (Å²) in [5.74, 6) is 0.998. The summed E-state index contributed by atoms with van der Waals surface area (Å²) < 4.78 is 0. The first kappa shape index (κ1) is 16.9. The molecule has 0 aliphatic heterocycles. The number of anilines is 1. The highest BCUT2D eigenvalue weighted by Gasteiger charge is 2.18. The van der Waals surface area contributed by atoms with Crippen molar-refractivity contribution in [1.82, 2.24) is 5.32 Å². The van der Waals surface area contributed by atoms with E-state index in [4.69, 9.17) is 0 Å². The van der Waals surface area contributed by atoms with Crippen molar-refractivity contribution in [3.8, 4) is 0 Å². The van der Waals surface area contributed by atoms with Gasteiger partial charge in [0.25, 0.3) is 0 Å². The second-order valence-corrected chi connectivity index (χ2v) is 7.02. The molecule has 1 aromatic rings. The number of hydrogen-bond acceptors (Lipinski definition) is 2. The number of carbonyl (C=O) groups is 1. The molecule has 3 heteroatoms. The van der Waals surface area contributed by atoms with Crippen LogP contribution in [0.4, 0.5) is 5.69 Å². The monoisotopic (exact) mass is 302 g/mol. The highest BCUT2D eigenvalue weighted by atomic mass is 16.1. The zero-order valence-corrected chi connectivity index (χ0v) is 14.4. The maximum atomic E-state index is 12.2. The van der Waals surface area contributed by atoms with Crippen LogP contribution in [0.25, 0.3) is 0 Å². The molecule has 0 atom stereocenters. The molecule has 1 aliphatic rings. The summed E-state index contributed by atoms with van der Waals surface area (Å²) in [7, 11) is 0. The van der Waals surface area contributed by atoms with Crippen LogP contribution in [0.15, 0.2) is 18.2 Å². The summed E-state index contributed by atoms with van der Waals surface area (Å²) in [5, 5.41) is 6.55. The molecule has 1 fully saturated rings. The van der Waals surface area contributed by atoms with Crippen molar-refractivity contribution in [1.29, 1.82) is 0 Å². The van der Waals surface area contributed by atoms with E-state index in [1.54, 1.807) is 0 Å². The zero-order chi connectivity index (χ0) is 16.1. The average molecular weight is 302 g/mol. The summed E-state index contributed by atoms with van der Waals surface area (Å²) in [6.07, 6.45) is 4.75. The van der Waals surface area contributed by atoms with E-state index in [1.165, 1.54) is 24.0 Å². The van der Waals surface area contributed by atoms with Gasteiger partial charge < -0.3 is 10.6 Å². The van der Waals surface area contributed by atoms with E-state index in [9.17, 15) is 4.79 Å². The lowest BCUT2D eigenvalue weighted by atomic mass is 9.92. The van der Waals surface area contributed by atoms with Crippen LogP contribution < -0.4 is 10.6 Å². The fraction of sp³-hybridized carbons (Fsp3) is 0.632.